The van der Waals surface area contributed by atoms with Crippen LogP contribution in [0.3, 0.4) is 0 Å². The van der Waals surface area contributed by atoms with Gasteiger partial charge in [-0.1, -0.05) is 101 Å². The number of para-hydroxylation sites is 1. The van der Waals surface area contributed by atoms with Crippen molar-refractivity contribution in [3.8, 4) is 22.8 Å². The molecule has 0 saturated heterocycles. The number of anilines is 1. The molecule has 4 N–H and O–H groups in total. The third kappa shape index (κ3) is 8.69. The fraction of sp³-hybridized carbons (Fsp3) is 0.0698. The molecule has 8 rings (SSSR count). The Morgan fingerprint density at radius 3 is 1.60 bits per heavy atom. The van der Waals surface area contributed by atoms with Crippen molar-refractivity contribution in [2.45, 2.75) is 13.3 Å². The van der Waals surface area contributed by atoms with Crippen molar-refractivity contribution in [2.24, 2.45) is 0 Å². The summed E-state index contributed by atoms with van der Waals surface area (Å²) < 4.78 is 0. The molecule has 0 bridgehead atoms. The molecule has 0 unspecified atom stereocenters. The molecule has 8 nitrogen and oxygen atoms in total. The molecule has 0 saturated carbocycles. The molecule has 0 atom stereocenters. The number of fused-ring (bicyclic) bond motifs is 2. The van der Waals surface area contributed by atoms with E-state index in [0.29, 0.717) is 60.5 Å². The minimum absolute atomic E-state index is 0.118. The van der Waals surface area contributed by atoms with Gasteiger partial charge in [0.05, 0.1) is 53.3 Å². The maximum absolute atomic E-state index is 12.6. The lowest BCUT2D eigenvalue weighted by Gasteiger charge is -2.07. The first-order valence-corrected chi connectivity index (χ1v) is 18.7. The highest BCUT2D eigenvalue weighted by molar-refractivity contribution is 6.39. The van der Waals surface area contributed by atoms with Gasteiger partial charge in [0.15, 0.2) is 0 Å². The summed E-state index contributed by atoms with van der Waals surface area (Å²) >= 11 is 25.1. The number of nitrogens with one attached hydrogen (secondary N) is 4. The highest BCUT2D eigenvalue weighted by Gasteiger charge is 2.16. The normalized spacial score (nSPS) is 10.9. The molecule has 2 aromatic heterocycles. The molecule has 8 aromatic rings. The predicted molar refractivity (Wildman–Crippen MR) is 225 cm³/mol. The average Bonchev–Trinajstić information content (AvgIpc) is 3.79. The van der Waals surface area contributed by atoms with Crippen LogP contribution in [-0.4, -0.2) is 38.3 Å². The lowest BCUT2D eigenvalue weighted by Crippen LogP contribution is -2.25. The molecule has 12 heteroatoms. The van der Waals surface area contributed by atoms with Gasteiger partial charge in [-0.2, -0.15) is 0 Å². The Balaban J connectivity index is 0.000000170. The van der Waals surface area contributed by atoms with Gasteiger partial charge < -0.3 is 20.6 Å². The highest BCUT2D eigenvalue weighted by atomic mass is 35.5. The van der Waals surface area contributed by atoms with Crippen LogP contribution in [0.15, 0.2) is 127 Å². The van der Waals surface area contributed by atoms with Crippen LogP contribution in [0, 0.1) is 6.92 Å². The Morgan fingerprint density at radius 2 is 1.07 bits per heavy atom. The summed E-state index contributed by atoms with van der Waals surface area (Å²) in [6.45, 7) is 2.65. The van der Waals surface area contributed by atoms with Crippen LogP contribution in [0.4, 0.5) is 5.69 Å². The van der Waals surface area contributed by atoms with Crippen LogP contribution in [0.25, 0.3) is 44.8 Å². The standard InChI is InChI=1S/C23H19Cl2N3O.C20H13Cl2N3O/c1-14-5-2-3-6-15(14)11-12-26-23(29)16-9-10-19-20(13-16)28-22(27-19)21-17(24)7-4-8-18(21)25;21-14-7-4-8-15(22)18(14)19-24-16-10-9-12(11-17(16)25-19)20(26)23-13-5-2-1-3-6-13/h2-10,13H,11-12H2,1H3,(H,26,29)(H,27,28);1-11H,(H,23,26)(H,24,25). The van der Waals surface area contributed by atoms with Crippen molar-refractivity contribution < 1.29 is 9.59 Å². The van der Waals surface area contributed by atoms with E-state index in [2.05, 4.69) is 49.6 Å². The van der Waals surface area contributed by atoms with E-state index in [4.69, 9.17) is 46.4 Å². The summed E-state index contributed by atoms with van der Waals surface area (Å²) in [4.78, 5) is 40.5. The monoisotopic (exact) mass is 804 g/mol. The molecular formula is C43H32Cl4N6O2. The van der Waals surface area contributed by atoms with Crippen molar-refractivity contribution in [1.29, 1.82) is 0 Å². The van der Waals surface area contributed by atoms with Gasteiger partial charge in [-0.3, -0.25) is 9.59 Å². The van der Waals surface area contributed by atoms with Crippen molar-refractivity contribution in [3.05, 3.63) is 170 Å². The molecule has 0 aliphatic carbocycles. The third-order valence-corrected chi connectivity index (χ3v) is 10.1. The molecule has 2 amide bonds. The number of carbonyl (C=O) groups is 2. The van der Waals surface area contributed by atoms with Crippen LogP contribution >= 0.6 is 46.4 Å². The second-order valence-corrected chi connectivity index (χ2v) is 14.2. The van der Waals surface area contributed by atoms with Crippen molar-refractivity contribution in [2.75, 3.05) is 11.9 Å². The lowest BCUT2D eigenvalue weighted by molar-refractivity contribution is 0.0953. The van der Waals surface area contributed by atoms with Gasteiger partial charge in [-0.15, -0.1) is 0 Å². The Kier molecular flexibility index (Phi) is 11.5. The number of hydrogen-bond donors (Lipinski definition) is 4. The Morgan fingerprint density at radius 1 is 0.582 bits per heavy atom. The van der Waals surface area contributed by atoms with E-state index in [0.717, 1.165) is 34.2 Å². The van der Waals surface area contributed by atoms with E-state index in [1.165, 1.54) is 11.1 Å². The number of halogens is 4. The maximum Gasteiger partial charge on any atom is 0.255 e. The summed E-state index contributed by atoms with van der Waals surface area (Å²) in [7, 11) is 0. The summed E-state index contributed by atoms with van der Waals surface area (Å²) in [5.74, 6) is 0.835. The number of amides is 2. The number of rotatable bonds is 8. The zero-order chi connectivity index (χ0) is 38.5. The van der Waals surface area contributed by atoms with Crippen LogP contribution in [-0.2, 0) is 6.42 Å². The summed E-state index contributed by atoms with van der Waals surface area (Å²) in [5.41, 5.74) is 8.55. The topological polar surface area (TPSA) is 116 Å². The van der Waals surface area contributed by atoms with Gasteiger partial charge in [0.25, 0.3) is 11.8 Å². The van der Waals surface area contributed by atoms with E-state index in [9.17, 15) is 9.59 Å². The first-order valence-electron chi connectivity index (χ1n) is 17.2. The number of imidazole rings is 2. The predicted octanol–water partition coefficient (Wildman–Crippen LogP) is 11.6. The number of aryl methyl sites for hydroxylation is 1. The van der Waals surface area contributed by atoms with Gasteiger partial charge in [0.1, 0.15) is 11.6 Å². The molecule has 0 fully saturated rings. The zero-order valence-corrected chi connectivity index (χ0v) is 32.3. The minimum Gasteiger partial charge on any atom is -0.352 e. The lowest BCUT2D eigenvalue weighted by atomic mass is 10.1. The molecule has 0 radical (unpaired) electrons. The van der Waals surface area contributed by atoms with Gasteiger partial charge in [-0.05, 0) is 97.3 Å². The first-order chi connectivity index (χ1) is 26.6. The summed E-state index contributed by atoms with van der Waals surface area (Å²) in [6.07, 6.45) is 0.792. The zero-order valence-electron chi connectivity index (χ0n) is 29.3. The molecular weight excluding hydrogens is 774 g/mol. The third-order valence-electron chi connectivity index (χ3n) is 8.86. The average molecular weight is 807 g/mol. The number of hydrogen-bond acceptors (Lipinski definition) is 4. The number of nitrogens with zero attached hydrogens (tertiary/aromatic N) is 2. The SMILES string of the molecule is Cc1ccccc1CCNC(=O)c1ccc2nc(-c3c(Cl)cccc3Cl)[nH]c2c1.O=C(Nc1ccccc1)c1ccc2nc(-c3c(Cl)cccc3Cl)[nH]c2c1. The second kappa shape index (κ2) is 16.8. The first kappa shape index (κ1) is 37.7. The number of aromatic amines is 2. The van der Waals surface area contributed by atoms with E-state index in [-0.39, 0.29) is 11.8 Å². The minimum atomic E-state index is -0.190. The fourth-order valence-electron chi connectivity index (χ4n) is 6.01. The largest absolute Gasteiger partial charge is 0.352 e. The Labute approximate surface area is 336 Å². The molecule has 274 valence electrons. The van der Waals surface area contributed by atoms with Gasteiger partial charge in [-0.25, -0.2) is 9.97 Å². The van der Waals surface area contributed by atoms with Crippen molar-refractivity contribution in [1.82, 2.24) is 25.3 Å². The van der Waals surface area contributed by atoms with Crippen molar-refractivity contribution >= 4 is 86.0 Å². The molecule has 55 heavy (non-hydrogen) atoms. The highest BCUT2D eigenvalue weighted by Crippen LogP contribution is 2.35. The maximum atomic E-state index is 12.6. The molecule has 0 spiro atoms. The molecule has 0 aliphatic heterocycles. The van der Waals surface area contributed by atoms with Gasteiger partial charge in [0, 0.05) is 23.4 Å². The molecule has 0 aliphatic rings. The molecule has 6 aromatic carbocycles. The van der Waals surface area contributed by atoms with E-state index in [1.807, 2.05) is 48.5 Å². The number of aromatic nitrogens is 4. The Hall–Kier alpha value is -5.64. The van der Waals surface area contributed by atoms with Crippen LogP contribution in [0.1, 0.15) is 31.8 Å². The smallest absolute Gasteiger partial charge is 0.255 e. The second-order valence-electron chi connectivity index (χ2n) is 12.6. The number of carbonyl (C=O) groups excluding carboxylic acids is 2. The van der Waals surface area contributed by atoms with Crippen LogP contribution in [0.5, 0.6) is 0 Å². The van der Waals surface area contributed by atoms with E-state index < -0.39 is 0 Å². The van der Waals surface area contributed by atoms with Gasteiger partial charge >= 0.3 is 0 Å². The number of H-pyrrole nitrogens is 2. The Bertz CT molecular complexity index is 2630. The molecule has 2 heterocycles. The van der Waals surface area contributed by atoms with Crippen LogP contribution < -0.4 is 10.6 Å². The summed E-state index contributed by atoms with van der Waals surface area (Å²) in [6, 6.07) is 38.8. The van der Waals surface area contributed by atoms with E-state index >= 15 is 0 Å². The van der Waals surface area contributed by atoms with Gasteiger partial charge in [0.2, 0.25) is 0 Å². The summed E-state index contributed by atoms with van der Waals surface area (Å²) in [5, 5.41) is 7.91. The quantitative estimate of drug-likeness (QED) is 0.122. The number of benzene rings is 6. The fourth-order valence-corrected chi connectivity index (χ4v) is 7.17. The van der Waals surface area contributed by atoms with Crippen LogP contribution in [0.2, 0.25) is 20.1 Å². The van der Waals surface area contributed by atoms with E-state index in [1.54, 1.807) is 66.7 Å². The van der Waals surface area contributed by atoms with Crippen molar-refractivity contribution in [3.63, 3.8) is 0 Å².